The molecule has 1 aliphatic rings. The van der Waals surface area contributed by atoms with Crippen molar-refractivity contribution < 1.29 is 13.2 Å². The van der Waals surface area contributed by atoms with Crippen molar-refractivity contribution in [2.75, 3.05) is 7.11 Å². The first-order valence-corrected chi connectivity index (χ1v) is 8.32. The van der Waals surface area contributed by atoms with Crippen molar-refractivity contribution >= 4 is 10.0 Å². The fourth-order valence-corrected chi connectivity index (χ4v) is 3.16. The molecule has 1 aromatic heterocycles. The Bertz CT molecular complexity index is 570. The molecule has 0 spiro atoms. The van der Waals surface area contributed by atoms with Gasteiger partial charge in [0.1, 0.15) is 5.82 Å². The molecule has 0 amide bonds. The molecule has 114 valence electrons. The lowest BCUT2D eigenvalue weighted by Crippen LogP contribution is -2.42. The van der Waals surface area contributed by atoms with Crippen molar-refractivity contribution in [1.29, 1.82) is 0 Å². The highest BCUT2D eigenvalue weighted by Crippen LogP contribution is 2.37. The van der Waals surface area contributed by atoms with Crippen LogP contribution in [0.4, 0.5) is 0 Å². The molecule has 7 nitrogen and oxygen atoms in total. The Balaban J connectivity index is 2.35. The Kier molecular flexibility index (Phi) is 4.17. The summed E-state index contributed by atoms with van der Waals surface area (Å²) in [4.78, 5) is 0. The second kappa shape index (κ2) is 5.42. The van der Waals surface area contributed by atoms with Crippen LogP contribution in [0.25, 0.3) is 0 Å². The van der Waals surface area contributed by atoms with Crippen LogP contribution >= 0.6 is 0 Å². The molecule has 0 saturated heterocycles. The number of nitrogens with two attached hydrogens (primary N) is 1. The van der Waals surface area contributed by atoms with E-state index in [1.807, 2.05) is 13.8 Å². The van der Waals surface area contributed by atoms with E-state index in [0.29, 0.717) is 18.8 Å². The van der Waals surface area contributed by atoms with Crippen LogP contribution in [-0.2, 0) is 27.7 Å². The summed E-state index contributed by atoms with van der Waals surface area (Å²) in [6.45, 7) is 4.53. The average Bonchev–Trinajstić information content (AvgIpc) is 2.65. The molecular formula is C12H22N4O3S. The van der Waals surface area contributed by atoms with Gasteiger partial charge in [-0.25, -0.2) is 13.6 Å². The van der Waals surface area contributed by atoms with Crippen molar-refractivity contribution in [2.24, 2.45) is 11.1 Å². The lowest BCUT2D eigenvalue weighted by Gasteiger charge is -2.40. The number of methoxy groups -OCH3 is 1. The highest BCUT2D eigenvalue weighted by molar-refractivity contribution is 7.89. The van der Waals surface area contributed by atoms with Crippen LogP contribution in [0.5, 0.6) is 0 Å². The van der Waals surface area contributed by atoms with Crippen LogP contribution in [0.15, 0.2) is 5.16 Å². The SMILES string of the molecule is COC1(Cc2nnc(S(N)(=O)=O)n2CC(C)C)CCC1. The zero-order chi connectivity index (χ0) is 15.0. The lowest BCUT2D eigenvalue weighted by molar-refractivity contribution is -0.0727. The molecule has 1 heterocycles. The van der Waals surface area contributed by atoms with Crippen LogP contribution in [0, 0.1) is 5.92 Å². The number of sulfonamides is 1. The van der Waals surface area contributed by atoms with Gasteiger partial charge in [0, 0.05) is 20.1 Å². The van der Waals surface area contributed by atoms with Gasteiger partial charge in [0.05, 0.1) is 5.60 Å². The maximum Gasteiger partial charge on any atom is 0.273 e. The number of aromatic nitrogens is 3. The van der Waals surface area contributed by atoms with Crippen molar-refractivity contribution in [3.05, 3.63) is 5.82 Å². The van der Waals surface area contributed by atoms with E-state index >= 15 is 0 Å². The number of nitrogens with zero attached hydrogens (tertiary/aromatic N) is 3. The van der Waals surface area contributed by atoms with Crippen molar-refractivity contribution in [2.45, 2.75) is 56.8 Å². The topological polar surface area (TPSA) is 100 Å². The molecule has 2 rings (SSSR count). The summed E-state index contributed by atoms with van der Waals surface area (Å²) in [5.74, 6) is 0.898. The van der Waals surface area contributed by atoms with Crippen LogP contribution < -0.4 is 5.14 Å². The molecule has 2 N–H and O–H groups in total. The first-order valence-electron chi connectivity index (χ1n) is 6.77. The fraction of sp³-hybridized carbons (Fsp3) is 0.833. The number of ether oxygens (including phenoxy) is 1. The van der Waals surface area contributed by atoms with Gasteiger partial charge < -0.3 is 9.30 Å². The Morgan fingerprint density at radius 2 is 2.05 bits per heavy atom. The third kappa shape index (κ3) is 3.02. The minimum absolute atomic E-state index is 0.160. The lowest BCUT2D eigenvalue weighted by atomic mass is 9.77. The maximum absolute atomic E-state index is 11.6. The Morgan fingerprint density at radius 1 is 1.40 bits per heavy atom. The summed E-state index contributed by atoms with van der Waals surface area (Å²) in [6, 6.07) is 0. The predicted octanol–water partition coefficient (Wildman–Crippen LogP) is 0.693. The highest BCUT2D eigenvalue weighted by atomic mass is 32.2. The van der Waals surface area contributed by atoms with Gasteiger partial charge in [-0.1, -0.05) is 13.8 Å². The molecule has 0 radical (unpaired) electrons. The van der Waals surface area contributed by atoms with Gasteiger partial charge in [0.2, 0.25) is 0 Å². The van der Waals surface area contributed by atoms with Crippen LogP contribution in [0.2, 0.25) is 0 Å². The van der Waals surface area contributed by atoms with Gasteiger partial charge in [-0.15, -0.1) is 10.2 Å². The summed E-state index contributed by atoms with van der Waals surface area (Å²) < 4.78 is 30.4. The van der Waals surface area contributed by atoms with Gasteiger partial charge in [-0.3, -0.25) is 0 Å². The van der Waals surface area contributed by atoms with Gasteiger partial charge in [-0.05, 0) is 25.2 Å². The van der Waals surface area contributed by atoms with Gasteiger partial charge in [0.15, 0.2) is 0 Å². The van der Waals surface area contributed by atoms with E-state index in [1.54, 1.807) is 11.7 Å². The van der Waals surface area contributed by atoms with E-state index in [1.165, 1.54) is 0 Å². The van der Waals surface area contributed by atoms with E-state index in [4.69, 9.17) is 9.88 Å². The molecule has 0 atom stereocenters. The zero-order valence-corrected chi connectivity index (χ0v) is 13.0. The fourth-order valence-electron chi connectivity index (χ4n) is 2.52. The third-order valence-electron chi connectivity index (χ3n) is 3.77. The van der Waals surface area contributed by atoms with E-state index in [2.05, 4.69) is 10.2 Å². The summed E-state index contributed by atoms with van der Waals surface area (Å²) in [5.41, 5.74) is -0.225. The first-order chi connectivity index (χ1) is 9.27. The number of hydrogen-bond acceptors (Lipinski definition) is 5. The molecule has 0 aromatic carbocycles. The average molecular weight is 302 g/mol. The smallest absolute Gasteiger partial charge is 0.273 e. The predicted molar refractivity (Wildman–Crippen MR) is 73.5 cm³/mol. The molecule has 1 aliphatic carbocycles. The van der Waals surface area contributed by atoms with E-state index in [9.17, 15) is 8.42 Å². The molecule has 20 heavy (non-hydrogen) atoms. The summed E-state index contributed by atoms with van der Waals surface area (Å²) in [6.07, 6.45) is 3.61. The van der Waals surface area contributed by atoms with Crippen LogP contribution in [-0.4, -0.2) is 35.9 Å². The Labute approximate surface area is 119 Å². The quantitative estimate of drug-likeness (QED) is 0.833. The monoisotopic (exact) mass is 302 g/mol. The van der Waals surface area contributed by atoms with Crippen molar-refractivity contribution in [1.82, 2.24) is 14.8 Å². The molecule has 0 unspecified atom stereocenters. The molecular weight excluding hydrogens is 280 g/mol. The van der Waals surface area contributed by atoms with E-state index < -0.39 is 10.0 Å². The number of rotatable bonds is 6. The van der Waals surface area contributed by atoms with E-state index in [0.717, 1.165) is 19.3 Å². The second-order valence-electron chi connectivity index (χ2n) is 5.87. The normalized spacial score (nSPS) is 18.2. The summed E-state index contributed by atoms with van der Waals surface area (Å²) in [5, 5.41) is 12.8. The molecule has 1 aromatic rings. The minimum atomic E-state index is -3.86. The maximum atomic E-state index is 11.6. The standard InChI is InChI=1S/C12H22N4O3S/c1-9(2)8-16-10(7-12(19-3)5-4-6-12)14-15-11(16)20(13,17)18/h9H,4-8H2,1-3H3,(H2,13,17,18). The largest absolute Gasteiger partial charge is 0.378 e. The van der Waals surface area contributed by atoms with Gasteiger partial charge in [0.25, 0.3) is 15.2 Å². The minimum Gasteiger partial charge on any atom is -0.378 e. The van der Waals surface area contributed by atoms with Crippen molar-refractivity contribution in [3.8, 4) is 0 Å². The number of primary sulfonamides is 1. The third-order valence-corrected chi connectivity index (χ3v) is 4.58. The molecule has 8 heteroatoms. The summed E-state index contributed by atoms with van der Waals surface area (Å²) in [7, 11) is -2.18. The van der Waals surface area contributed by atoms with Crippen LogP contribution in [0.3, 0.4) is 0 Å². The molecule has 0 bridgehead atoms. The Morgan fingerprint density at radius 3 is 2.45 bits per heavy atom. The van der Waals surface area contributed by atoms with Gasteiger partial charge >= 0.3 is 0 Å². The summed E-state index contributed by atoms with van der Waals surface area (Å²) >= 11 is 0. The molecule has 1 saturated carbocycles. The van der Waals surface area contributed by atoms with Gasteiger partial charge in [-0.2, -0.15) is 0 Å². The number of hydrogen-bond donors (Lipinski definition) is 1. The second-order valence-corrected chi connectivity index (χ2v) is 7.32. The first kappa shape index (κ1) is 15.4. The zero-order valence-electron chi connectivity index (χ0n) is 12.2. The van der Waals surface area contributed by atoms with Crippen LogP contribution in [0.1, 0.15) is 38.9 Å². The highest BCUT2D eigenvalue weighted by Gasteiger charge is 2.39. The Hall–Kier alpha value is -0.990. The van der Waals surface area contributed by atoms with Crippen molar-refractivity contribution in [3.63, 3.8) is 0 Å². The molecule has 0 aliphatic heterocycles. The molecule has 1 fully saturated rings. The van der Waals surface area contributed by atoms with E-state index in [-0.39, 0.29) is 16.7 Å².